The zero-order valence-electron chi connectivity index (χ0n) is 20.0. The van der Waals surface area contributed by atoms with Crippen LogP contribution in [0.3, 0.4) is 0 Å². The fourth-order valence-electron chi connectivity index (χ4n) is 4.70. The molecule has 1 fully saturated rings. The molecular formula is C26H28N8O. The minimum atomic E-state index is 0.386. The van der Waals surface area contributed by atoms with Crippen molar-refractivity contribution in [3.63, 3.8) is 0 Å². The Bertz CT molecular complexity index is 1410. The number of methoxy groups -OCH3 is 1. The monoisotopic (exact) mass is 468 g/mol. The molecule has 6 rings (SSSR count). The van der Waals surface area contributed by atoms with Crippen LogP contribution in [0.4, 0.5) is 17.3 Å². The van der Waals surface area contributed by atoms with E-state index in [0.717, 1.165) is 67.9 Å². The SMILES string of the molecule is COc1nc(N2CCNCC2)ccc1N=c1ncc2cc(-c3ccc(C)cc3)c3n(c-2n1)CCN3. The second-order valence-corrected chi connectivity index (χ2v) is 8.85. The van der Waals surface area contributed by atoms with Gasteiger partial charge in [-0.3, -0.25) is 0 Å². The quantitative estimate of drug-likeness (QED) is 0.476. The molecule has 0 atom stereocenters. The van der Waals surface area contributed by atoms with E-state index in [1.54, 1.807) is 7.11 Å². The number of hydrogen-bond acceptors (Lipinski definition) is 8. The lowest BCUT2D eigenvalue weighted by Crippen LogP contribution is -2.43. The molecule has 9 nitrogen and oxygen atoms in total. The number of nitrogens with zero attached hydrogens (tertiary/aromatic N) is 6. The van der Waals surface area contributed by atoms with Crippen molar-refractivity contribution in [1.29, 1.82) is 0 Å². The third kappa shape index (κ3) is 4.08. The summed E-state index contributed by atoms with van der Waals surface area (Å²) >= 11 is 0. The molecule has 178 valence electrons. The Balaban J connectivity index is 1.41. The van der Waals surface area contributed by atoms with E-state index in [9.17, 15) is 0 Å². The molecule has 35 heavy (non-hydrogen) atoms. The van der Waals surface area contributed by atoms with Crippen molar-refractivity contribution in [2.24, 2.45) is 4.99 Å². The van der Waals surface area contributed by atoms with Gasteiger partial charge in [0.15, 0.2) is 0 Å². The number of fused-ring (bicyclic) bond motifs is 3. The molecule has 2 N–H and O–H groups in total. The third-order valence-corrected chi connectivity index (χ3v) is 6.53. The molecule has 0 aliphatic carbocycles. The van der Waals surface area contributed by atoms with Crippen molar-refractivity contribution in [3.8, 4) is 28.4 Å². The molecule has 2 aromatic rings. The van der Waals surface area contributed by atoms with Crippen LogP contribution < -0.4 is 25.9 Å². The van der Waals surface area contributed by atoms with Crippen molar-refractivity contribution in [1.82, 2.24) is 24.8 Å². The van der Waals surface area contributed by atoms with Gasteiger partial charge in [0.05, 0.1) is 7.11 Å². The molecule has 1 saturated heterocycles. The van der Waals surface area contributed by atoms with E-state index in [1.807, 2.05) is 18.3 Å². The summed E-state index contributed by atoms with van der Waals surface area (Å²) in [6.07, 6.45) is 1.85. The Kier molecular flexibility index (Phi) is 5.54. The van der Waals surface area contributed by atoms with E-state index in [1.165, 1.54) is 11.1 Å². The van der Waals surface area contributed by atoms with Gasteiger partial charge in [0.1, 0.15) is 23.1 Å². The summed E-state index contributed by atoms with van der Waals surface area (Å²) in [5.41, 5.74) is 5.54. The Hall–Kier alpha value is -3.98. The zero-order chi connectivity index (χ0) is 23.8. The van der Waals surface area contributed by atoms with Crippen LogP contribution in [0, 0.1) is 6.92 Å². The zero-order valence-corrected chi connectivity index (χ0v) is 20.0. The fourth-order valence-corrected chi connectivity index (χ4v) is 4.70. The van der Waals surface area contributed by atoms with Gasteiger partial charge in [0, 0.05) is 56.6 Å². The van der Waals surface area contributed by atoms with Crippen LogP contribution in [0.25, 0.3) is 22.5 Å². The van der Waals surface area contributed by atoms with Gasteiger partial charge in [-0.1, -0.05) is 29.8 Å². The van der Waals surface area contributed by atoms with E-state index in [0.29, 0.717) is 17.2 Å². The second kappa shape index (κ2) is 8.99. The van der Waals surface area contributed by atoms with E-state index in [2.05, 4.69) is 67.3 Å². The van der Waals surface area contributed by atoms with Crippen LogP contribution in [0.2, 0.25) is 0 Å². The number of aromatic nitrogens is 4. The number of ether oxygens (including phenoxy) is 1. The number of aryl methyl sites for hydroxylation is 1. The summed E-state index contributed by atoms with van der Waals surface area (Å²) in [6, 6.07) is 14.7. The average Bonchev–Trinajstić information content (AvgIpc) is 3.40. The topological polar surface area (TPSA) is 92.5 Å². The first-order valence-corrected chi connectivity index (χ1v) is 12.0. The maximum atomic E-state index is 5.57. The fraction of sp³-hybridized carbons (Fsp3) is 0.308. The number of piperazine rings is 1. The minimum Gasteiger partial charge on any atom is -0.479 e. The van der Waals surface area contributed by atoms with E-state index >= 15 is 0 Å². The first-order chi connectivity index (χ1) is 17.2. The number of pyridine rings is 2. The molecule has 0 saturated carbocycles. The number of nitrogens with one attached hydrogen (secondary N) is 2. The Labute approximate surface area is 203 Å². The molecule has 4 aliphatic rings. The number of rotatable bonds is 4. The summed E-state index contributed by atoms with van der Waals surface area (Å²) in [6.45, 7) is 7.53. The summed E-state index contributed by atoms with van der Waals surface area (Å²) in [7, 11) is 1.62. The molecule has 9 heteroatoms. The highest BCUT2D eigenvalue weighted by Crippen LogP contribution is 2.36. The molecule has 0 amide bonds. The largest absolute Gasteiger partial charge is 0.479 e. The first kappa shape index (κ1) is 21.5. The molecule has 1 aromatic heterocycles. The van der Waals surface area contributed by atoms with E-state index in [-0.39, 0.29) is 0 Å². The Morgan fingerprint density at radius 3 is 2.57 bits per heavy atom. The normalized spacial score (nSPS) is 15.8. The van der Waals surface area contributed by atoms with Crippen LogP contribution in [-0.4, -0.2) is 59.4 Å². The number of benzene rings is 1. The van der Waals surface area contributed by atoms with Crippen molar-refractivity contribution in [3.05, 3.63) is 59.8 Å². The van der Waals surface area contributed by atoms with Gasteiger partial charge in [0.2, 0.25) is 5.88 Å². The first-order valence-electron chi connectivity index (χ1n) is 12.0. The molecule has 0 spiro atoms. The van der Waals surface area contributed by atoms with Gasteiger partial charge >= 0.3 is 0 Å². The highest BCUT2D eigenvalue weighted by molar-refractivity contribution is 5.82. The lowest BCUT2D eigenvalue weighted by atomic mass is 10.0. The lowest BCUT2D eigenvalue weighted by molar-refractivity contribution is 0.398. The van der Waals surface area contributed by atoms with Crippen molar-refractivity contribution >= 4 is 17.3 Å². The standard InChI is InChI=1S/C26H28N8O/c1-17-3-5-18(6-4-17)20-15-19-16-29-26(32-23(19)34-14-11-28-24(20)34)30-21-7-8-22(31-25(21)35-2)33-12-9-27-10-13-33/h3-8,15-16,27-28H,9-14H2,1-2H3. The molecule has 0 radical (unpaired) electrons. The van der Waals surface area contributed by atoms with Gasteiger partial charge in [-0.25, -0.2) is 9.98 Å². The van der Waals surface area contributed by atoms with E-state index < -0.39 is 0 Å². The van der Waals surface area contributed by atoms with Crippen LogP contribution in [0.15, 0.2) is 53.7 Å². The summed E-state index contributed by atoms with van der Waals surface area (Å²) < 4.78 is 7.78. The molecule has 5 heterocycles. The molecule has 0 bridgehead atoms. The summed E-state index contributed by atoms with van der Waals surface area (Å²) in [5.74, 6) is 3.30. The molecule has 1 aromatic carbocycles. The minimum absolute atomic E-state index is 0.386. The number of hydrogen-bond donors (Lipinski definition) is 2. The summed E-state index contributed by atoms with van der Waals surface area (Å²) in [4.78, 5) is 21.0. The maximum Gasteiger partial charge on any atom is 0.252 e. The van der Waals surface area contributed by atoms with Gasteiger partial charge in [-0.05, 0) is 30.7 Å². The Morgan fingerprint density at radius 2 is 1.77 bits per heavy atom. The highest BCUT2D eigenvalue weighted by Gasteiger charge is 2.22. The van der Waals surface area contributed by atoms with Crippen molar-refractivity contribution in [2.75, 3.05) is 50.1 Å². The predicted molar refractivity (Wildman–Crippen MR) is 136 cm³/mol. The van der Waals surface area contributed by atoms with Crippen LogP contribution in [-0.2, 0) is 6.54 Å². The smallest absolute Gasteiger partial charge is 0.252 e. The Morgan fingerprint density at radius 1 is 0.943 bits per heavy atom. The van der Waals surface area contributed by atoms with Crippen LogP contribution in [0.1, 0.15) is 5.56 Å². The van der Waals surface area contributed by atoms with Crippen molar-refractivity contribution in [2.45, 2.75) is 13.5 Å². The van der Waals surface area contributed by atoms with Gasteiger partial charge in [0.25, 0.3) is 5.62 Å². The molecular weight excluding hydrogens is 440 g/mol. The lowest BCUT2D eigenvalue weighted by Gasteiger charge is -2.28. The van der Waals surface area contributed by atoms with E-state index in [4.69, 9.17) is 14.7 Å². The highest BCUT2D eigenvalue weighted by atomic mass is 16.5. The third-order valence-electron chi connectivity index (χ3n) is 6.53. The van der Waals surface area contributed by atoms with Crippen LogP contribution in [0.5, 0.6) is 5.88 Å². The average molecular weight is 469 g/mol. The van der Waals surface area contributed by atoms with Crippen molar-refractivity contribution < 1.29 is 4.74 Å². The molecule has 4 aliphatic heterocycles. The number of anilines is 2. The van der Waals surface area contributed by atoms with Gasteiger partial charge < -0.3 is 24.8 Å². The predicted octanol–water partition coefficient (Wildman–Crippen LogP) is 2.83. The van der Waals surface area contributed by atoms with Gasteiger partial charge in [-0.15, -0.1) is 0 Å². The summed E-state index contributed by atoms with van der Waals surface area (Å²) in [5, 5.41) is 6.89. The van der Waals surface area contributed by atoms with Crippen LogP contribution >= 0.6 is 0 Å². The maximum absolute atomic E-state index is 5.57. The molecule has 0 unspecified atom stereocenters. The van der Waals surface area contributed by atoms with Gasteiger partial charge in [-0.2, -0.15) is 9.97 Å². The second-order valence-electron chi connectivity index (χ2n) is 8.85.